The fourth-order valence-electron chi connectivity index (χ4n) is 1.07. The molecular weight excluding hydrogens is 184 g/mol. The number of nitrogens with zero attached hydrogens (tertiary/aromatic N) is 2. The summed E-state index contributed by atoms with van der Waals surface area (Å²) in [6.07, 6.45) is 2.58. The third-order valence-corrected chi connectivity index (χ3v) is 2.66. The van der Waals surface area contributed by atoms with E-state index in [1.165, 1.54) is 11.3 Å². The Balaban J connectivity index is 2.29. The number of aromatic nitrogens is 2. The normalized spacial score (nSPS) is 12.7. The summed E-state index contributed by atoms with van der Waals surface area (Å²) in [5, 5.41) is 19.1. The van der Waals surface area contributed by atoms with Crippen molar-refractivity contribution in [2.75, 3.05) is 0 Å². The van der Waals surface area contributed by atoms with Crippen molar-refractivity contribution in [2.24, 2.45) is 0 Å². The van der Waals surface area contributed by atoms with Crippen LogP contribution in [0, 0.1) is 0 Å². The van der Waals surface area contributed by atoms with E-state index in [9.17, 15) is 5.11 Å². The standard InChI is InChI=1S/C9H8N2OS/c12-9(8-2-1-5-13-8)7-3-4-10-11-6-7/h1-6,9,12H. The summed E-state index contributed by atoms with van der Waals surface area (Å²) < 4.78 is 0. The molecule has 1 unspecified atom stereocenters. The maximum Gasteiger partial charge on any atom is 0.115 e. The Morgan fingerprint density at radius 2 is 2.23 bits per heavy atom. The lowest BCUT2D eigenvalue weighted by Gasteiger charge is -2.06. The summed E-state index contributed by atoms with van der Waals surface area (Å²) in [6.45, 7) is 0. The summed E-state index contributed by atoms with van der Waals surface area (Å²) in [5.41, 5.74) is 0.775. The van der Waals surface area contributed by atoms with Crippen molar-refractivity contribution in [3.63, 3.8) is 0 Å². The molecule has 0 saturated heterocycles. The van der Waals surface area contributed by atoms with Gasteiger partial charge in [-0.1, -0.05) is 6.07 Å². The predicted molar refractivity (Wildman–Crippen MR) is 50.4 cm³/mol. The van der Waals surface area contributed by atoms with E-state index >= 15 is 0 Å². The van der Waals surface area contributed by atoms with Crippen molar-refractivity contribution in [2.45, 2.75) is 6.10 Å². The van der Waals surface area contributed by atoms with Crippen molar-refractivity contribution >= 4 is 11.3 Å². The van der Waals surface area contributed by atoms with Crippen LogP contribution in [-0.2, 0) is 0 Å². The van der Waals surface area contributed by atoms with Gasteiger partial charge in [-0.15, -0.1) is 11.3 Å². The molecule has 3 nitrogen and oxygen atoms in total. The molecule has 0 aliphatic rings. The molecule has 0 aliphatic heterocycles. The lowest BCUT2D eigenvalue weighted by atomic mass is 10.1. The Labute approximate surface area is 79.7 Å². The molecule has 0 spiro atoms. The van der Waals surface area contributed by atoms with Gasteiger partial charge in [0.1, 0.15) is 6.10 Å². The average molecular weight is 192 g/mol. The molecule has 66 valence electrons. The largest absolute Gasteiger partial charge is 0.383 e. The van der Waals surface area contributed by atoms with Crippen LogP contribution < -0.4 is 0 Å². The molecule has 0 amide bonds. The number of aliphatic hydroxyl groups is 1. The molecule has 2 heterocycles. The highest BCUT2D eigenvalue weighted by Gasteiger charge is 2.10. The van der Waals surface area contributed by atoms with Crippen molar-refractivity contribution in [3.05, 3.63) is 46.4 Å². The molecule has 1 N–H and O–H groups in total. The van der Waals surface area contributed by atoms with Gasteiger partial charge in [-0.3, -0.25) is 0 Å². The minimum atomic E-state index is -0.574. The van der Waals surface area contributed by atoms with E-state index in [4.69, 9.17) is 0 Å². The van der Waals surface area contributed by atoms with Gasteiger partial charge in [-0.2, -0.15) is 10.2 Å². The van der Waals surface area contributed by atoms with Gasteiger partial charge in [0.05, 0.1) is 6.20 Å². The molecule has 2 aromatic heterocycles. The van der Waals surface area contributed by atoms with Crippen LogP contribution in [0.1, 0.15) is 16.5 Å². The van der Waals surface area contributed by atoms with Crippen LogP contribution in [0.5, 0.6) is 0 Å². The highest BCUT2D eigenvalue weighted by atomic mass is 32.1. The van der Waals surface area contributed by atoms with Gasteiger partial charge in [0, 0.05) is 16.6 Å². The number of hydrogen-bond acceptors (Lipinski definition) is 4. The molecule has 13 heavy (non-hydrogen) atoms. The predicted octanol–water partition coefficient (Wildman–Crippen LogP) is 1.62. The van der Waals surface area contributed by atoms with Gasteiger partial charge in [-0.25, -0.2) is 0 Å². The first-order valence-corrected chi connectivity index (χ1v) is 4.74. The van der Waals surface area contributed by atoms with Crippen LogP contribution in [-0.4, -0.2) is 15.3 Å². The smallest absolute Gasteiger partial charge is 0.115 e. The van der Waals surface area contributed by atoms with E-state index in [0.29, 0.717) is 0 Å². The summed E-state index contributed by atoms with van der Waals surface area (Å²) in [7, 11) is 0. The third kappa shape index (κ3) is 1.74. The topological polar surface area (TPSA) is 46.0 Å². The maximum atomic E-state index is 9.82. The number of aliphatic hydroxyl groups excluding tert-OH is 1. The number of rotatable bonds is 2. The Kier molecular flexibility index (Phi) is 2.33. The second-order valence-electron chi connectivity index (χ2n) is 2.59. The van der Waals surface area contributed by atoms with Gasteiger partial charge in [0.25, 0.3) is 0 Å². The van der Waals surface area contributed by atoms with Gasteiger partial charge in [-0.05, 0) is 17.5 Å². The SMILES string of the molecule is OC(c1ccnnc1)c1cccs1. The molecule has 0 aliphatic carbocycles. The minimum Gasteiger partial charge on any atom is -0.383 e. The highest BCUT2D eigenvalue weighted by Crippen LogP contribution is 2.24. The van der Waals surface area contributed by atoms with Gasteiger partial charge < -0.3 is 5.11 Å². The summed E-state index contributed by atoms with van der Waals surface area (Å²) in [4.78, 5) is 0.924. The molecule has 4 heteroatoms. The van der Waals surface area contributed by atoms with Crippen LogP contribution in [0.15, 0.2) is 36.0 Å². The molecule has 0 bridgehead atoms. The quantitative estimate of drug-likeness (QED) is 0.786. The van der Waals surface area contributed by atoms with Crippen molar-refractivity contribution in [1.82, 2.24) is 10.2 Å². The van der Waals surface area contributed by atoms with Crippen LogP contribution in [0.2, 0.25) is 0 Å². The monoisotopic (exact) mass is 192 g/mol. The Bertz CT molecular complexity index is 360. The average Bonchev–Trinajstić information content (AvgIpc) is 2.71. The molecular formula is C9H8N2OS. The summed E-state index contributed by atoms with van der Waals surface area (Å²) in [5.74, 6) is 0. The van der Waals surface area contributed by atoms with Gasteiger partial charge in [0.2, 0.25) is 0 Å². The summed E-state index contributed by atoms with van der Waals surface area (Å²) in [6, 6.07) is 5.57. The van der Waals surface area contributed by atoms with Crippen molar-refractivity contribution in [1.29, 1.82) is 0 Å². The second kappa shape index (κ2) is 3.64. The molecule has 1 atom stereocenters. The minimum absolute atomic E-state index is 0.574. The number of hydrogen-bond donors (Lipinski definition) is 1. The maximum absolute atomic E-state index is 9.82. The van der Waals surface area contributed by atoms with Crippen LogP contribution in [0.4, 0.5) is 0 Å². The van der Waals surface area contributed by atoms with E-state index in [2.05, 4.69) is 10.2 Å². The van der Waals surface area contributed by atoms with E-state index in [1.807, 2.05) is 17.5 Å². The summed E-state index contributed by atoms with van der Waals surface area (Å²) >= 11 is 1.53. The van der Waals surface area contributed by atoms with E-state index in [0.717, 1.165) is 10.4 Å². The van der Waals surface area contributed by atoms with E-state index in [-0.39, 0.29) is 0 Å². The first-order valence-electron chi connectivity index (χ1n) is 3.86. The first-order chi connectivity index (χ1) is 6.38. The van der Waals surface area contributed by atoms with Crippen molar-refractivity contribution < 1.29 is 5.11 Å². The Hall–Kier alpha value is -1.26. The second-order valence-corrected chi connectivity index (χ2v) is 3.57. The lowest BCUT2D eigenvalue weighted by molar-refractivity contribution is 0.223. The third-order valence-electron chi connectivity index (χ3n) is 1.74. The first kappa shape index (κ1) is 8.34. The fraction of sp³-hybridized carbons (Fsp3) is 0.111. The molecule has 0 radical (unpaired) electrons. The molecule has 2 rings (SSSR count). The number of thiophene rings is 1. The van der Waals surface area contributed by atoms with Gasteiger partial charge >= 0.3 is 0 Å². The highest BCUT2D eigenvalue weighted by molar-refractivity contribution is 7.10. The molecule has 0 aromatic carbocycles. The molecule has 2 aromatic rings. The zero-order valence-electron chi connectivity index (χ0n) is 6.79. The van der Waals surface area contributed by atoms with Crippen LogP contribution in [0.25, 0.3) is 0 Å². The Morgan fingerprint density at radius 3 is 2.85 bits per heavy atom. The van der Waals surface area contributed by atoms with E-state index < -0.39 is 6.10 Å². The van der Waals surface area contributed by atoms with Crippen LogP contribution >= 0.6 is 11.3 Å². The molecule has 0 fully saturated rings. The fourth-order valence-corrected chi connectivity index (χ4v) is 1.81. The van der Waals surface area contributed by atoms with Crippen molar-refractivity contribution in [3.8, 4) is 0 Å². The van der Waals surface area contributed by atoms with Gasteiger partial charge in [0.15, 0.2) is 0 Å². The van der Waals surface area contributed by atoms with Crippen LogP contribution in [0.3, 0.4) is 0 Å². The lowest BCUT2D eigenvalue weighted by Crippen LogP contribution is -1.97. The zero-order valence-corrected chi connectivity index (χ0v) is 7.61. The Morgan fingerprint density at radius 1 is 1.31 bits per heavy atom. The van der Waals surface area contributed by atoms with E-state index in [1.54, 1.807) is 18.5 Å². The molecule has 0 saturated carbocycles. The zero-order chi connectivity index (χ0) is 9.10.